The fourth-order valence-electron chi connectivity index (χ4n) is 2.94. The molecule has 4 rings (SSSR count). The Morgan fingerprint density at radius 2 is 2.19 bits per heavy atom. The zero-order valence-electron chi connectivity index (χ0n) is 14.4. The van der Waals surface area contributed by atoms with Crippen molar-refractivity contribution in [2.45, 2.75) is 18.1 Å². The topological polar surface area (TPSA) is 55.3 Å². The lowest BCUT2D eigenvalue weighted by molar-refractivity contribution is -0.135. The number of hydrogen-bond acceptors (Lipinski definition) is 6. The molecular weight excluding hydrogens is 366 g/mol. The van der Waals surface area contributed by atoms with Gasteiger partial charge in [0, 0.05) is 18.5 Å². The van der Waals surface area contributed by atoms with Crippen LogP contribution in [0.4, 0.5) is 0 Å². The lowest BCUT2D eigenvalue weighted by atomic mass is 10.2. The number of thiophene rings is 1. The third-order valence-corrected chi connectivity index (χ3v) is 6.08. The minimum Gasteiger partial charge on any atom is -0.375 e. The summed E-state index contributed by atoms with van der Waals surface area (Å²) in [4.78, 5) is 24.9. The van der Waals surface area contributed by atoms with Gasteiger partial charge in [-0.15, -0.1) is 11.3 Å². The summed E-state index contributed by atoms with van der Waals surface area (Å²) in [6.45, 7) is 3.92. The van der Waals surface area contributed by atoms with Gasteiger partial charge in [-0.05, 0) is 24.4 Å². The van der Waals surface area contributed by atoms with Crippen molar-refractivity contribution in [2.75, 3.05) is 25.4 Å². The molecule has 0 spiro atoms. The zero-order valence-corrected chi connectivity index (χ0v) is 16.1. The summed E-state index contributed by atoms with van der Waals surface area (Å²) in [7, 11) is 0. The predicted octanol–water partition coefficient (Wildman–Crippen LogP) is 3.70. The SMILES string of the molecule is CC1CN(C(=O)CSc2nc(-c3cccs3)nc3ccccc23)CCO1. The summed E-state index contributed by atoms with van der Waals surface area (Å²) in [6, 6.07) is 12.0. The summed E-state index contributed by atoms with van der Waals surface area (Å²) in [5, 5.41) is 3.86. The van der Waals surface area contributed by atoms with E-state index in [1.807, 2.05) is 53.6 Å². The molecule has 0 saturated carbocycles. The number of carbonyl (C=O) groups is 1. The van der Waals surface area contributed by atoms with Crippen LogP contribution in [-0.2, 0) is 9.53 Å². The molecule has 1 saturated heterocycles. The first-order chi connectivity index (χ1) is 12.7. The first-order valence-corrected chi connectivity index (χ1v) is 10.4. The van der Waals surface area contributed by atoms with Crippen LogP contribution in [-0.4, -0.2) is 52.3 Å². The Labute approximate surface area is 160 Å². The van der Waals surface area contributed by atoms with Gasteiger partial charge in [0.2, 0.25) is 5.91 Å². The Morgan fingerprint density at radius 1 is 1.31 bits per heavy atom. The predicted molar refractivity (Wildman–Crippen MR) is 106 cm³/mol. The molecule has 1 aliphatic heterocycles. The average Bonchev–Trinajstić information content (AvgIpc) is 3.20. The molecule has 1 aliphatic rings. The summed E-state index contributed by atoms with van der Waals surface area (Å²) in [5.74, 6) is 1.22. The highest BCUT2D eigenvalue weighted by atomic mass is 32.2. The summed E-state index contributed by atoms with van der Waals surface area (Å²) < 4.78 is 5.52. The van der Waals surface area contributed by atoms with Gasteiger partial charge in [-0.1, -0.05) is 36.0 Å². The molecule has 0 N–H and O–H groups in total. The lowest BCUT2D eigenvalue weighted by Crippen LogP contribution is -2.45. The van der Waals surface area contributed by atoms with Gasteiger partial charge in [0.15, 0.2) is 5.82 Å². The Hall–Kier alpha value is -1.96. The van der Waals surface area contributed by atoms with Crippen molar-refractivity contribution in [3.8, 4) is 10.7 Å². The van der Waals surface area contributed by atoms with E-state index >= 15 is 0 Å². The number of amides is 1. The van der Waals surface area contributed by atoms with Crippen LogP contribution in [0.1, 0.15) is 6.92 Å². The third-order valence-electron chi connectivity index (χ3n) is 4.24. The van der Waals surface area contributed by atoms with E-state index in [2.05, 4.69) is 4.98 Å². The molecular formula is C19H19N3O2S2. The maximum absolute atomic E-state index is 12.6. The molecule has 5 nitrogen and oxygen atoms in total. The summed E-state index contributed by atoms with van der Waals surface area (Å²) in [6.07, 6.45) is 0.100. The second-order valence-corrected chi connectivity index (χ2v) is 8.07. The number of para-hydroxylation sites is 1. The Bertz CT molecular complexity index is 914. The maximum Gasteiger partial charge on any atom is 0.233 e. The van der Waals surface area contributed by atoms with Gasteiger partial charge < -0.3 is 9.64 Å². The highest BCUT2D eigenvalue weighted by Crippen LogP contribution is 2.30. The fourth-order valence-corrected chi connectivity index (χ4v) is 4.52. The van der Waals surface area contributed by atoms with E-state index in [1.165, 1.54) is 11.8 Å². The molecule has 3 heterocycles. The van der Waals surface area contributed by atoms with E-state index in [1.54, 1.807) is 11.3 Å². The zero-order chi connectivity index (χ0) is 17.9. The molecule has 0 aliphatic carbocycles. The van der Waals surface area contributed by atoms with Gasteiger partial charge in [0.25, 0.3) is 0 Å². The van der Waals surface area contributed by atoms with E-state index in [-0.39, 0.29) is 12.0 Å². The number of hydrogen-bond donors (Lipinski definition) is 0. The highest BCUT2D eigenvalue weighted by Gasteiger charge is 2.22. The molecule has 0 bridgehead atoms. The molecule has 134 valence electrons. The van der Waals surface area contributed by atoms with Gasteiger partial charge in [-0.3, -0.25) is 4.79 Å². The number of morpholine rings is 1. The Balaban J connectivity index is 1.58. The quantitative estimate of drug-likeness (QED) is 0.506. The van der Waals surface area contributed by atoms with Crippen LogP contribution in [0.25, 0.3) is 21.6 Å². The number of fused-ring (bicyclic) bond motifs is 1. The number of rotatable bonds is 4. The number of benzene rings is 1. The first-order valence-electron chi connectivity index (χ1n) is 8.53. The van der Waals surface area contributed by atoms with Crippen molar-refractivity contribution in [1.29, 1.82) is 0 Å². The van der Waals surface area contributed by atoms with Gasteiger partial charge in [0.05, 0.1) is 28.9 Å². The fraction of sp³-hybridized carbons (Fsp3) is 0.316. The number of carbonyl (C=O) groups excluding carboxylic acids is 1. The molecule has 1 aromatic carbocycles. The average molecular weight is 386 g/mol. The van der Waals surface area contributed by atoms with Crippen molar-refractivity contribution < 1.29 is 9.53 Å². The Morgan fingerprint density at radius 3 is 3.00 bits per heavy atom. The van der Waals surface area contributed by atoms with Crippen molar-refractivity contribution in [3.63, 3.8) is 0 Å². The van der Waals surface area contributed by atoms with Crippen LogP contribution in [0.2, 0.25) is 0 Å². The van der Waals surface area contributed by atoms with Crippen LogP contribution in [0.15, 0.2) is 46.8 Å². The van der Waals surface area contributed by atoms with Crippen LogP contribution in [0, 0.1) is 0 Å². The van der Waals surface area contributed by atoms with Gasteiger partial charge in [-0.25, -0.2) is 9.97 Å². The van der Waals surface area contributed by atoms with Crippen LogP contribution < -0.4 is 0 Å². The third kappa shape index (κ3) is 3.75. The lowest BCUT2D eigenvalue weighted by Gasteiger charge is -2.31. The molecule has 3 aromatic rings. The minimum atomic E-state index is 0.100. The largest absolute Gasteiger partial charge is 0.375 e. The van der Waals surface area contributed by atoms with Crippen LogP contribution in [0.5, 0.6) is 0 Å². The number of thioether (sulfide) groups is 1. The molecule has 1 amide bonds. The molecule has 7 heteroatoms. The van der Waals surface area contributed by atoms with Gasteiger partial charge in [0.1, 0.15) is 5.03 Å². The number of ether oxygens (including phenoxy) is 1. The summed E-state index contributed by atoms with van der Waals surface area (Å²) >= 11 is 3.10. The maximum atomic E-state index is 12.6. The molecule has 26 heavy (non-hydrogen) atoms. The monoisotopic (exact) mass is 385 g/mol. The number of nitrogens with zero attached hydrogens (tertiary/aromatic N) is 3. The van der Waals surface area contributed by atoms with Crippen molar-refractivity contribution >= 4 is 39.9 Å². The minimum absolute atomic E-state index is 0.100. The number of aromatic nitrogens is 2. The van der Waals surface area contributed by atoms with E-state index in [4.69, 9.17) is 9.72 Å². The van der Waals surface area contributed by atoms with E-state index in [0.29, 0.717) is 31.3 Å². The smallest absolute Gasteiger partial charge is 0.233 e. The van der Waals surface area contributed by atoms with Crippen molar-refractivity contribution in [1.82, 2.24) is 14.9 Å². The molecule has 0 radical (unpaired) electrons. The second kappa shape index (κ2) is 7.73. The normalized spacial score (nSPS) is 17.6. The second-order valence-electron chi connectivity index (χ2n) is 6.16. The first kappa shape index (κ1) is 17.5. The standard InChI is InChI=1S/C19H19N3O2S2/c1-13-11-22(8-9-24-13)17(23)12-26-19-14-5-2-3-6-15(14)20-18(21-19)16-7-4-10-25-16/h2-7,10,13H,8-9,11-12H2,1H3. The van der Waals surface area contributed by atoms with Crippen LogP contribution >= 0.6 is 23.1 Å². The Kier molecular flexibility index (Phi) is 5.19. The van der Waals surface area contributed by atoms with E-state index < -0.39 is 0 Å². The molecule has 2 aromatic heterocycles. The van der Waals surface area contributed by atoms with E-state index in [0.717, 1.165) is 20.8 Å². The van der Waals surface area contributed by atoms with Crippen molar-refractivity contribution in [2.24, 2.45) is 0 Å². The van der Waals surface area contributed by atoms with Gasteiger partial charge >= 0.3 is 0 Å². The van der Waals surface area contributed by atoms with E-state index in [9.17, 15) is 4.79 Å². The van der Waals surface area contributed by atoms with Crippen LogP contribution in [0.3, 0.4) is 0 Å². The highest BCUT2D eigenvalue weighted by molar-refractivity contribution is 8.00. The van der Waals surface area contributed by atoms with Gasteiger partial charge in [-0.2, -0.15) is 0 Å². The molecule has 1 unspecified atom stereocenters. The molecule has 1 atom stereocenters. The summed E-state index contributed by atoms with van der Waals surface area (Å²) in [5.41, 5.74) is 0.904. The molecule has 1 fully saturated rings. The van der Waals surface area contributed by atoms with Crippen molar-refractivity contribution in [3.05, 3.63) is 41.8 Å².